The molecule has 0 aromatic carbocycles. The molecule has 0 aromatic heterocycles. The van der Waals surface area contributed by atoms with Gasteiger partial charge in [-0.3, -0.25) is 4.90 Å². The Bertz CT molecular complexity index is 294. The SMILES string of the molecule is CC1CCCC(C=O)(CN2CCN(C)C(C)C2)C1. The molecule has 3 unspecified atom stereocenters. The van der Waals surface area contributed by atoms with Gasteiger partial charge in [0.25, 0.3) is 0 Å². The average Bonchev–Trinajstić information content (AvgIpc) is 2.34. The normalized spacial score (nSPS) is 39.7. The van der Waals surface area contributed by atoms with Gasteiger partial charge in [-0.2, -0.15) is 0 Å². The van der Waals surface area contributed by atoms with Gasteiger partial charge in [0, 0.05) is 37.6 Å². The summed E-state index contributed by atoms with van der Waals surface area (Å²) in [5.74, 6) is 0.717. The largest absolute Gasteiger partial charge is 0.303 e. The number of nitrogens with zero attached hydrogens (tertiary/aromatic N) is 2. The summed E-state index contributed by atoms with van der Waals surface area (Å²) in [4.78, 5) is 16.5. The molecule has 0 aromatic rings. The van der Waals surface area contributed by atoms with Crippen LogP contribution in [0.2, 0.25) is 0 Å². The maximum Gasteiger partial charge on any atom is 0.127 e. The highest BCUT2D eigenvalue weighted by Gasteiger charge is 2.37. The molecular formula is C15H28N2O. The first-order valence-corrected chi connectivity index (χ1v) is 7.43. The van der Waals surface area contributed by atoms with Crippen molar-refractivity contribution in [1.82, 2.24) is 9.80 Å². The minimum absolute atomic E-state index is 0.0483. The van der Waals surface area contributed by atoms with Gasteiger partial charge in [0.05, 0.1) is 0 Å². The van der Waals surface area contributed by atoms with Gasteiger partial charge in [-0.1, -0.05) is 19.8 Å². The quantitative estimate of drug-likeness (QED) is 0.718. The van der Waals surface area contributed by atoms with Gasteiger partial charge in [0.2, 0.25) is 0 Å². The number of likely N-dealkylation sites (N-methyl/N-ethyl adjacent to an activating group) is 1. The molecule has 3 atom stereocenters. The van der Waals surface area contributed by atoms with E-state index in [1.54, 1.807) is 0 Å². The summed E-state index contributed by atoms with van der Waals surface area (Å²) < 4.78 is 0. The average molecular weight is 252 g/mol. The van der Waals surface area contributed by atoms with Crippen LogP contribution in [0.15, 0.2) is 0 Å². The fourth-order valence-electron chi connectivity index (χ4n) is 3.70. The van der Waals surface area contributed by atoms with Crippen LogP contribution in [-0.2, 0) is 4.79 Å². The van der Waals surface area contributed by atoms with Crippen LogP contribution in [0.1, 0.15) is 39.5 Å². The van der Waals surface area contributed by atoms with E-state index < -0.39 is 0 Å². The molecule has 1 aliphatic carbocycles. The second kappa shape index (κ2) is 5.70. The second-order valence-electron chi connectivity index (χ2n) is 6.75. The summed E-state index contributed by atoms with van der Waals surface area (Å²) in [6.07, 6.45) is 5.99. The van der Waals surface area contributed by atoms with E-state index in [-0.39, 0.29) is 5.41 Å². The van der Waals surface area contributed by atoms with E-state index in [1.165, 1.54) is 19.1 Å². The highest BCUT2D eigenvalue weighted by molar-refractivity contribution is 5.60. The lowest BCUT2D eigenvalue weighted by Gasteiger charge is -2.44. The van der Waals surface area contributed by atoms with Gasteiger partial charge in [0.1, 0.15) is 6.29 Å². The summed E-state index contributed by atoms with van der Waals surface area (Å²) in [7, 11) is 2.19. The summed E-state index contributed by atoms with van der Waals surface area (Å²) in [6, 6.07) is 0.614. The Kier molecular flexibility index (Phi) is 4.44. The first-order chi connectivity index (χ1) is 8.54. The maximum atomic E-state index is 11.6. The monoisotopic (exact) mass is 252 g/mol. The van der Waals surface area contributed by atoms with E-state index in [1.807, 2.05) is 0 Å². The van der Waals surface area contributed by atoms with Crippen molar-refractivity contribution in [2.75, 3.05) is 33.2 Å². The van der Waals surface area contributed by atoms with Crippen molar-refractivity contribution < 1.29 is 4.79 Å². The Balaban J connectivity index is 1.95. The summed E-state index contributed by atoms with van der Waals surface area (Å²) in [5.41, 5.74) is -0.0483. The van der Waals surface area contributed by atoms with Crippen molar-refractivity contribution in [2.45, 2.75) is 45.6 Å². The molecule has 1 saturated carbocycles. The number of hydrogen-bond donors (Lipinski definition) is 0. The molecule has 104 valence electrons. The molecule has 2 rings (SSSR count). The first-order valence-electron chi connectivity index (χ1n) is 7.43. The molecule has 18 heavy (non-hydrogen) atoms. The minimum Gasteiger partial charge on any atom is -0.303 e. The molecule has 1 saturated heterocycles. The van der Waals surface area contributed by atoms with E-state index in [0.29, 0.717) is 12.0 Å². The van der Waals surface area contributed by atoms with Crippen molar-refractivity contribution in [3.63, 3.8) is 0 Å². The number of hydrogen-bond acceptors (Lipinski definition) is 3. The molecule has 2 aliphatic rings. The lowest BCUT2D eigenvalue weighted by Crippen LogP contribution is -2.53. The van der Waals surface area contributed by atoms with E-state index in [0.717, 1.165) is 39.0 Å². The Hall–Kier alpha value is -0.410. The molecule has 0 N–H and O–H groups in total. The summed E-state index contributed by atoms with van der Waals surface area (Å²) >= 11 is 0. The van der Waals surface area contributed by atoms with Crippen molar-refractivity contribution in [3.05, 3.63) is 0 Å². The molecule has 0 spiro atoms. The number of rotatable bonds is 3. The third-order valence-corrected chi connectivity index (χ3v) is 4.96. The molecular weight excluding hydrogens is 224 g/mol. The number of piperazine rings is 1. The van der Waals surface area contributed by atoms with Crippen molar-refractivity contribution in [2.24, 2.45) is 11.3 Å². The van der Waals surface area contributed by atoms with Crippen molar-refractivity contribution in [3.8, 4) is 0 Å². The molecule has 3 heteroatoms. The number of carbonyl (C=O) groups is 1. The molecule has 3 nitrogen and oxygen atoms in total. The van der Waals surface area contributed by atoms with Crippen LogP contribution in [0.3, 0.4) is 0 Å². The lowest BCUT2D eigenvalue weighted by atomic mass is 9.70. The van der Waals surface area contributed by atoms with E-state index in [4.69, 9.17) is 0 Å². The van der Waals surface area contributed by atoms with Gasteiger partial charge < -0.3 is 9.69 Å². The van der Waals surface area contributed by atoms with Crippen molar-refractivity contribution >= 4 is 6.29 Å². The van der Waals surface area contributed by atoms with Gasteiger partial charge in [0.15, 0.2) is 0 Å². The molecule has 2 fully saturated rings. The first kappa shape index (κ1) is 14.0. The third-order valence-electron chi connectivity index (χ3n) is 4.96. The second-order valence-corrected chi connectivity index (χ2v) is 6.75. The predicted octanol–water partition coefficient (Wildman–Crippen LogP) is 2.02. The maximum absolute atomic E-state index is 11.6. The zero-order valence-corrected chi connectivity index (χ0v) is 12.2. The Labute approximate surface area is 112 Å². The molecule has 0 amide bonds. The molecule has 0 bridgehead atoms. The van der Waals surface area contributed by atoms with E-state index in [9.17, 15) is 4.79 Å². The van der Waals surface area contributed by atoms with Crippen LogP contribution in [-0.4, -0.2) is 55.4 Å². The fraction of sp³-hybridized carbons (Fsp3) is 0.933. The molecule has 1 aliphatic heterocycles. The van der Waals surface area contributed by atoms with E-state index in [2.05, 4.69) is 30.7 Å². The van der Waals surface area contributed by atoms with Crippen LogP contribution in [0.4, 0.5) is 0 Å². The van der Waals surface area contributed by atoms with E-state index >= 15 is 0 Å². The molecule has 0 radical (unpaired) electrons. The van der Waals surface area contributed by atoms with Gasteiger partial charge in [-0.05, 0) is 32.7 Å². The number of aldehydes is 1. The fourth-order valence-corrected chi connectivity index (χ4v) is 3.70. The van der Waals surface area contributed by atoms with Crippen LogP contribution in [0.5, 0.6) is 0 Å². The minimum atomic E-state index is -0.0483. The predicted molar refractivity (Wildman–Crippen MR) is 74.7 cm³/mol. The summed E-state index contributed by atoms with van der Waals surface area (Å²) in [5, 5.41) is 0. The Morgan fingerprint density at radius 3 is 2.72 bits per heavy atom. The number of carbonyl (C=O) groups excluding carboxylic acids is 1. The van der Waals surface area contributed by atoms with Crippen LogP contribution < -0.4 is 0 Å². The zero-order chi connectivity index (χ0) is 13.2. The highest BCUT2D eigenvalue weighted by atomic mass is 16.1. The highest BCUT2D eigenvalue weighted by Crippen LogP contribution is 2.38. The topological polar surface area (TPSA) is 23.6 Å². The third kappa shape index (κ3) is 3.12. The van der Waals surface area contributed by atoms with Crippen LogP contribution >= 0.6 is 0 Å². The van der Waals surface area contributed by atoms with Crippen LogP contribution in [0, 0.1) is 11.3 Å². The van der Waals surface area contributed by atoms with Gasteiger partial charge >= 0.3 is 0 Å². The lowest BCUT2D eigenvalue weighted by molar-refractivity contribution is -0.120. The van der Waals surface area contributed by atoms with Crippen LogP contribution in [0.25, 0.3) is 0 Å². The Morgan fingerprint density at radius 1 is 1.33 bits per heavy atom. The van der Waals surface area contributed by atoms with Gasteiger partial charge in [-0.25, -0.2) is 0 Å². The summed E-state index contributed by atoms with van der Waals surface area (Å²) in [6.45, 7) is 8.92. The molecule has 1 heterocycles. The zero-order valence-electron chi connectivity index (χ0n) is 12.2. The Morgan fingerprint density at radius 2 is 2.11 bits per heavy atom. The standard InChI is InChI=1S/C15H28N2O/c1-13-5-4-6-15(9-13,12-18)11-17-8-7-16(3)14(2)10-17/h12-14H,4-11H2,1-3H3. The van der Waals surface area contributed by atoms with Crippen molar-refractivity contribution in [1.29, 1.82) is 0 Å². The smallest absolute Gasteiger partial charge is 0.127 e. The van der Waals surface area contributed by atoms with Gasteiger partial charge in [-0.15, -0.1) is 0 Å².